The molecule has 0 fully saturated rings. The highest BCUT2D eigenvalue weighted by Gasteiger charge is 2.09. The maximum Gasteiger partial charge on any atom is 0.226 e. The molecular weight excluding hydrogens is 230 g/mol. The van der Waals surface area contributed by atoms with Gasteiger partial charge < -0.3 is 4.90 Å². The highest BCUT2D eigenvalue weighted by molar-refractivity contribution is 7.09. The Morgan fingerprint density at radius 3 is 2.47 bits per heavy atom. The summed E-state index contributed by atoms with van der Waals surface area (Å²) in [7, 11) is 0. The molecule has 4 heteroatoms. The summed E-state index contributed by atoms with van der Waals surface area (Å²) in [6.45, 7) is 7.96. The van der Waals surface area contributed by atoms with E-state index in [1.807, 2.05) is 19.9 Å². The van der Waals surface area contributed by atoms with Crippen molar-refractivity contribution in [3.63, 3.8) is 0 Å². The molecule has 0 N–H and O–H groups in total. The van der Waals surface area contributed by atoms with Gasteiger partial charge in [0.1, 0.15) is 0 Å². The molecule has 90 valence electrons. The number of hydrogen-bond acceptors (Lipinski definition) is 4. The molecule has 0 aliphatic heterocycles. The van der Waals surface area contributed by atoms with Gasteiger partial charge in [0.2, 0.25) is 5.95 Å². The lowest BCUT2D eigenvalue weighted by Gasteiger charge is -2.20. The van der Waals surface area contributed by atoms with Crippen molar-refractivity contribution in [1.29, 1.82) is 0 Å². The van der Waals surface area contributed by atoms with Gasteiger partial charge in [0.05, 0.1) is 6.54 Å². The van der Waals surface area contributed by atoms with Crippen LogP contribution in [0.25, 0.3) is 0 Å². The van der Waals surface area contributed by atoms with Gasteiger partial charge in [-0.05, 0) is 38.3 Å². The van der Waals surface area contributed by atoms with Gasteiger partial charge in [-0.25, -0.2) is 9.97 Å². The molecule has 17 heavy (non-hydrogen) atoms. The van der Waals surface area contributed by atoms with Crippen LogP contribution in [0.3, 0.4) is 0 Å². The predicted octanol–water partition coefficient (Wildman–Crippen LogP) is 3.18. The summed E-state index contributed by atoms with van der Waals surface area (Å²) in [6, 6.07) is 6.23. The van der Waals surface area contributed by atoms with Crippen molar-refractivity contribution < 1.29 is 0 Å². The maximum atomic E-state index is 4.51. The minimum atomic E-state index is 0.832. The van der Waals surface area contributed by atoms with Crippen molar-refractivity contribution in [3.05, 3.63) is 39.8 Å². The maximum absolute atomic E-state index is 4.51. The zero-order valence-corrected chi connectivity index (χ0v) is 11.3. The van der Waals surface area contributed by atoms with E-state index in [4.69, 9.17) is 0 Å². The third kappa shape index (κ3) is 3.03. The van der Waals surface area contributed by atoms with E-state index in [-0.39, 0.29) is 0 Å². The molecule has 3 nitrogen and oxygen atoms in total. The molecule has 0 saturated heterocycles. The summed E-state index contributed by atoms with van der Waals surface area (Å²) in [5.41, 5.74) is 2.05. The highest BCUT2D eigenvalue weighted by atomic mass is 32.1. The molecule has 0 aliphatic rings. The Hall–Kier alpha value is -1.42. The third-order valence-electron chi connectivity index (χ3n) is 2.56. The molecule has 2 aromatic heterocycles. The van der Waals surface area contributed by atoms with E-state index in [0.717, 1.165) is 30.4 Å². The molecule has 2 aromatic rings. The van der Waals surface area contributed by atoms with Crippen LogP contribution in [0.2, 0.25) is 0 Å². The van der Waals surface area contributed by atoms with Crippen LogP contribution in [0.5, 0.6) is 0 Å². The summed E-state index contributed by atoms with van der Waals surface area (Å²) in [5.74, 6) is 0.832. The first kappa shape index (κ1) is 12.0. The Morgan fingerprint density at radius 2 is 1.94 bits per heavy atom. The standard InChI is InChI=1S/C13H17N3S/c1-4-16(9-12-6-5-7-17-12)13-14-10(2)8-11(3)15-13/h5-8H,4,9H2,1-3H3. The Bertz CT molecular complexity index is 459. The zero-order valence-electron chi connectivity index (χ0n) is 10.5. The SMILES string of the molecule is CCN(Cc1cccs1)c1nc(C)cc(C)n1. The van der Waals surface area contributed by atoms with Crippen LogP contribution in [-0.2, 0) is 6.54 Å². The summed E-state index contributed by atoms with van der Waals surface area (Å²) in [4.78, 5) is 12.6. The zero-order chi connectivity index (χ0) is 12.3. The normalized spacial score (nSPS) is 10.5. The van der Waals surface area contributed by atoms with Crippen LogP contribution in [0.4, 0.5) is 5.95 Å². The number of aryl methyl sites for hydroxylation is 2. The summed E-state index contributed by atoms with van der Waals surface area (Å²) in [5, 5.41) is 2.10. The molecule has 2 rings (SSSR count). The lowest BCUT2D eigenvalue weighted by molar-refractivity contribution is 0.791. The van der Waals surface area contributed by atoms with Gasteiger partial charge in [-0.3, -0.25) is 0 Å². The average molecular weight is 247 g/mol. The Morgan fingerprint density at radius 1 is 1.24 bits per heavy atom. The van der Waals surface area contributed by atoms with Crippen molar-refractivity contribution in [2.24, 2.45) is 0 Å². The van der Waals surface area contributed by atoms with Crippen molar-refractivity contribution in [2.75, 3.05) is 11.4 Å². The van der Waals surface area contributed by atoms with Crippen LogP contribution < -0.4 is 4.90 Å². The van der Waals surface area contributed by atoms with Gasteiger partial charge in [0.25, 0.3) is 0 Å². The van der Waals surface area contributed by atoms with Gasteiger partial charge in [-0.15, -0.1) is 11.3 Å². The lowest BCUT2D eigenvalue weighted by atomic mass is 10.3. The number of anilines is 1. The quantitative estimate of drug-likeness (QED) is 0.831. The average Bonchev–Trinajstić information content (AvgIpc) is 2.77. The Balaban J connectivity index is 2.22. The number of nitrogens with zero attached hydrogens (tertiary/aromatic N) is 3. The molecule has 0 aromatic carbocycles. The van der Waals surface area contributed by atoms with E-state index < -0.39 is 0 Å². The second kappa shape index (κ2) is 5.27. The second-order valence-electron chi connectivity index (χ2n) is 4.04. The number of rotatable bonds is 4. The number of thiophene rings is 1. The first-order chi connectivity index (χ1) is 8.19. The molecule has 0 saturated carbocycles. The van der Waals surface area contributed by atoms with Gasteiger partial charge in [0, 0.05) is 22.8 Å². The smallest absolute Gasteiger partial charge is 0.226 e. The monoisotopic (exact) mass is 247 g/mol. The fraction of sp³-hybridized carbons (Fsp3) is 0.385. The highest BCUT2D eigenvalue weighted by Crippen LogP contribution is 2.16. The summed E-state index contributed by atoms with van der Waals surface area (Å²) >= 11 is 1.77. The fourth-order valence-corrected chi connectivity index (χ4v) is 2.48. The third-order valence-corrected chi connectivity index (χ3v) is 3.42. The van der Waals surface area contributed by atoms with E-state index >= 15 is 0 Å². The van der Waals surface area contributed by atoms with E-state index in [1.54, 1.807) is 11.3 Å². The van der Waals surface area contributed by atoms with Gasteiger partial charge in [-0.1, -0.05) is 6.07 Å². The summed E-state index contributed by atoms with van der Waals surface area (Å²) < 4.78 is 0. The molecule has 2 heterocycles. The van der Waals surface area contributed by atoms with E-state index in [0.29, 0.717) is 0 Å². The van der Waals surface area contributed by atoms with Crippen LogP contribution in [0.1, 0.15) is 23.2 Å². The molecule has 0 atom stereocenters. The largest absolute Gasteiger partial charge is 0.336 e. The van der Waals surface area contributed by atoms with E-state index in [2.05, 4.69) is 39.3 Å². The second-order valence-corrected chi connectivity index (χ2v) is 5.08. The van der Waals surface area contributed by atoms with Gasteiger partial charge in [-0.2, -0.15) is 0 Å². The molecule has 0 radical (unpaired) electrons. The van der Waals surface area contributed by atoms with Crippen molar-refractivity contribution in [3.8, 4) is 0 Å². The molecule has 0 bridgehead atoms. The topological polar surface area (TPSA) is 29.0 Å². The van der Waals surface area contributed by atoms with Crippen LogP contribution in [-0.4, -0.2) is 16.5 Å². The molecule has 0 amide bonds. The van der Waals surface area contributed by atoms with Crippen LogP contribution in [0, 0.1) is 13.8 Å². The fourth-order valence-electron chi connectivity index (χ4n) is 1.76. The van der Waals surface area contributed by atoms with Crippen LogP contribution in [0.15, 0.2) is 23.6 Å². The van der Waals surface area contributed by atoms with Crippen molar-refractivity contribution in [1.82, 2.24) is 9.97 Å². The number of hydrogen-bond donors (Lipinski definition) is 0. The molecule has 0 aliphatic carbocycles. The van der Waals surface area contributed by atoms with E-state index in [1.165, 1.54) is 4.88 Å². The first-order valence-electron chi connectivity index (χ1n) is 5.78. The molecule has 0 spiro atoms. The minimum absolute atomic E-state index is 0.832. The Labute approximate surface area is 106 Å². The van der Waals surface area contributed by atoms with Crippen LogP contribution >= 0.6 is 11.3 Å². The first-order valence-corrected chi connectivity index (χ1v) is 6.66. The minimum Gasteiger partial charge on any atom is -0.336 e. The lowest BCUT2D eigenvalue weighted by Crippen LogP contribution is -2.24. The molecule has 0 unspecified atom stereocenters. The van der Waals surface area contributed by atoms with Gasteiger partial charge >= 0.3 is 0 Å². The van der Waals surface area contributed by atoms with Crippen molar-refractivity contribution in [2.45, 2.75) is 27.3 Å². The summed E-state index contributed by atoms with van der Waals surface area (Å²) in [6.07, 6.45) is 0. The van der Waals surface area contributed by atoms with Crippen molar-refractivity contribution >= 4 is 17.3 Å². The Kier molecular flexibility index (Phi) is 3.74. The van der Waals surface area contributed by atoms with Gasteiger partial charge in [0.15, 0.2) is 0 Å². The number of aromatic nitrogens is 2. The molecular formula is C13H17N3S. The predicted molar refractivity (Wildman–Crippen MR) is 72.5 cm³/mol. The van der Waals surface area contributed by atoms with E-state index in [9.17, 15) is 0 Å².